The fraction of sp³-hybridized carbons (Fsp3) is 0.833. The fourth-order valence-electron chi connectivity index (χ4n) is 0.576. The van der Waals surface area contributed by atoms with Gasteiger partial charge in [-0.15, -0.1) is 0 Å². The van der Waals surface area contributed by atoms with Crippen molar-refractivity contribution in [3.8, 4) is 0 Å². The molecular formula is C6H12NOS+. The molecule has 1 amide bonds. The summed E-state index contributed by atoms with van der Waals surface area (Å²) in [5, 5.41) is 0. The second kappa shape index (κ2) is 6.11. The third kappa shape index (κ3) is 5.86. The molecule has 0 aliphatic carbocycles. The number of hydrogen-bond donors (Lipinski definition) is 1. The van der Waals surface area contributed by atoms with Gasteiger partial charge in [-0.2, -0.15) is 0 Å². The highest BCUT2D eigenvalue weighted by molar-refractivity contribution is 7.78. The second-order valence-corrected chi connectivity index (χ2v) is 2.15. The lowest BCUT2D eigenvalue weighted by atomic mass is 10.2. The van der Waals surface area contributed by atoms with Gasteiger partial charge in [0.05, 0.1) is 6.42 Å². The largest absolute Gasteiger partial charge is 0.437 e. The van der Waals surface area contributed by atoms with E-state index in [0.717, 1.165) is 19.3 Å². The number of carbonyl (C=O) groups excluding carboxylic acids is 1. The molecule has 0 bridgehead atoms. The molecule has 0 aromatic heterocycles. The molecule has 52 valence electrons. The Hall–Kier alpha value is -0.0200. The Kier molecular flexibility index (Phi) is 6.09. The van der Waals surface area contributed by atoms with Crippen LogP contribution in [0.1, 0.15) is 32.6 Å². The number of amides is 1. The van der Waals surface area contributed by atoms with E-state index in [9.17, 15) is 4.79 Å². The van der Waals surface area contributed by atoms with Crippen molar-refractivity contribution in [2.24, 2.45) is 0 Å². The first kappa shape index (κ1) is 8.98. The SMILES string of the molecule is CCCCCC(=O)[N+]S. The second-order valence-electron chi connectivity index (χ2n) is 1.95. The number of hydrogen-bond acceptors (Lipinski definition) is 2. The number of rotatable bonds is 4. The maximum atomic E-state index is 10.4. The molecule has 0 aliphatic heterocycles. The van der Waals surface area contributed by atoms with Crippen molar-refractivity contribution in [3.63, 3.8) is 0 Å². The van der Waals surface area contributed by atoms with E-state index in [2.05, 4.69) is 24.5 Å². The quantitative estimate of drug-likeness (QED) is 0.473. The maximum absolute atomic E-state index is 10.4. The lowest BCUT2D eigenvalue weighted by molar-refractivity contribution is -0.119. The molecule has 0 N–H and O–H groups in total. The number of unbranched alkanes of at least 4 members (excludes halogenated alkanes) is 2. The molecule has 0 saturated heterocycles. The molecule has 0 rings (SSSR count). The zero-order chi connectivity index (χ0) is 7.11. The van der Waals surface area contributed by atoms with Gasteiger partial charge in [-0.1, -0.05) is 19.8 Å². The third-order valence-corrected chi connectivity index (χ3v) is 1.33. The monoisotopic (exact) mass is 146 g/mol. The molecule has 0 atom stereocenters. The van der Waals surface area contributed by atoms with Crippen LogP contribution in [0.2, 0.25) is 0 Å². The first-order valence-electron chi connectivity index (χ1n) is 3.19. The van der Waals surface area contributed by atoms with Crippen molar-refractivity contribution < 1.29 is 4.79 Å². The topological polar surface area (TPSA) is 31.2 Å². The molecule has 2 radical (unpaired) electrons. The molecule has 0 heterocycles. The van der Waals surface area contributed by atoms with Crippen LogP contribution in [0.15, 0.2) is 0 Å². The Morgan fingerprint density at radius 3 is 2.67 bits per heavy atom. The van der Waals surface area contributed by atoms with Crippen LogP contribution in [-0.2, 0) is 4.79 Å². The minimum atomic E-state index is -0.105. The standard InChI is InChI=1S/C6H12NOS/c1-2-3-4-5-6(8)7-9/h9H,2-5H2,1H3/q+1. The predicted octanol–water partition coefficient (Wildman–Crippen LogP) is 1.54. The molecule has 0 aromatic carbocycles. The first-order valence-corrected chi connectivity index (χ1v) is 3.59. The summed E-state index contributed by atoms with van der Waals surface area (Å²) in [6.45, 7) is 2.10. The summed E-state index contributed by atoms with van der Waals surface area (Å²) >= 11 is 3.49. The van der Waals surface area contributed by atoms with E-state index in [1.54, 1.807) is 0 Å². The highest BCUT2D eigenvalue weighted by Crippen LogP contribution is 1.98. The zero-order valence-electron chi connectivity index (χ0n) is 5.63. The summed E-state index contributed by atoms with van der Waals surface area (Å²) < 4.78 is 3.22. The smallest absolute Gasteiger partial charge is 0.217 e. The van der Waals surface area contributed by atoms with Gasteiger partial charge in [0.1, 0.15) is 0 Å². The molecule has 0 saturated carbocycles. The molecule has 3 heteroatoms. The van der Waals surface area contributed by atoms with E-state index < -0.39 is 0 Å². The fourth-order valence-corrected chi connectivity index (χ4v) is 0.676. The van der Waals surface area contributed by atoms with Crippen molar-refractivity contribution in [2.45, 2.75) is 32.6 Å². The highest BCUT2D eigenvalue weighted by atomic mass is 32.1. The van der Waals surface area contributed by atoms with Crippen molar-refractivity contribution in [3.05, 3.63) is 0 Å². The van der Waals surface area contributed by atoms with E-state index >= 15 is 0 Å². The molecule has 0 aromatic rings. The van der Waals surface area contributed by atoms with Crippen molar-refractivity contribution in [1.29, 1.82) is 0 Å². The number of thiol groups is 1. The van der Waals surface area contributed by atoms with Crippen LogP contribution in [0.5, 0.6) is 0 Å². The molecule has 0 fully saturated rings. The Morgan fingerprint density at radius 2 is 2.22 bits per heavy atom. The Balaban J connectivity index is 2.97. The summed E-state index contributed by atoms with van der Waals surface area (Å²) in [5.74, 6) is -0.105. The minimum absolute atomic E-state index is 0.105. The summed E-state index contributed by atoms with van der Waals surface area (Å²) in [5.41, 5.74) is 0. The van der Waals surface area contributed by atoms with Gasteiger partial charge >= 0.3 is 5.91 Å². The minimum Gasteiger partial charge on any atom is -0.217 e. The van der Waals surface area contributed by atoms with Gasteiger partial charge in [-0.3, -0.25) is 0 Å². The van der Waals surface area contributed by atoms with Crippen LogP contribution in [-0.4, -0.2) is 5.91 Å². The molecular weight excluding hydrogens is 134 g/mol. The molecule has 9 heavy (non-hydrogen) atoms. The average molecular weight is 146 g/mol. The molecule has 0 spiro atoms. The van der Waals surface area contributed by atoms with Crippen LogP contribution < -0.4 is 4.72 Å². The summed E-state index contributed by atoms with van der Waals surface area (Å²) in [7, 11) is 0. The normalized spacial score (nSPS) is 9.56. The van der Waals surface area contributed by atoms with Gasteiger partial charge < -0.3 is 0 Å². The predicted molar refractivity (Wildman–Crippen MR) is 40.3 cm³/mol. The summed E-state index contributed by atoms with van der Waals surface area (Å²) in [6, 6.07) is 0. The number of carbonyl (C=O) groups is 1. The summed E-state index contributed by atoms with van der Waals surface area (Å²) in [4.78, 5) is 10.4. The van der Waals surface area contributed by atoms with Crippen molar-refractivity contribution in [2.75, 3.05) is 0 Å². The van der Waals surface area contributed by atoms with Crippen LogP contribution in [0.4, 0.5) is 0 Å². The van der Waals surface area contributed by atoms with Gasteiger partial charge in [0.15, 0.2) is 12.8 Å². The van der Waals surface area contributed by atoms with Crippen LogP contribution in [0.3, 0.4) is 0 Å². The van der Waals surface area contributed by atoms with Gasteiger partial charge in [0.2, 0.25) is 4.72 Å². The molecule has 0 aliphatic rings. The van der Waals surface area contributed by atoms with E-state index in [4.69, 9.17) is 0 Å². The third-order valence-electron chi connectivity index (χ3n) is 1.11. The Morgan fingerprint density at radius 1 is 1.56 bits per heavy atom. The molecule has 0 unspecified atom stereocenters. The van der Waals surface area contributed by atoms with Gasteiger partial charge in [-0.05, 0) is 6.42 Å². The van der Waals surface area contributed by atoms with Crippen molar-refractivity contribution in [1.82, 2.24) is 4.72 Å². The lowest BCUT2D eigenvalue weighted by Gasteiger charge is -1.86. The summed E-state index contributed by atoms with van der Waals surface area (Å²) in [6.07, 6.45) is 3.74. The van der Waals surface area contributed by atoms with Crippen LogP contribution in [0.25, 0.3) is 0 Å². The van der Waals surface area contributed by atoms with E-state index in [1.165, 1.54) is 0 Å². The zero-order valence-corrected chi connectivity index (χ0v) is 6.53. The van der Waals surface area contributed by atoms with E-state index in [1.807, 2.05) is 0 Å². The number of nitrogens with zero attached hydrogens (tertiary/aromatic N) is 1. The van der Waals surface area contributed by atoms with Crippen molar-refractivity contribution >= 4 is 18.7 Å². The Bertz CT molecular complexity index is 85.1. The highest BCUT2D eigenvalue weighted by Gasteiger charge is 2.11. The van der Waals surface area contributed by atoms with Gasteiger partial charge in [0, 0.05) is 0 Å². The first-order chi connectivity index (χ1) is 4.31. The lowest BCUT2D eigenvalue weighted by Crippen LogP contribution is -2.04. The average Bonchev–Trinajstić information content (AvgIpc) is 1.89. The molecule has 2 nitrogen and oxygen atoms in total. The van der Waals surface area contributed by atoms with Gasteiger partial charge in [-0.25, -0.2) is 4.79 Å². The maximum Gasteiger partial charge on any atom is 0.437 e. The Labute approximate surface area is 61.6 Å². The van der Waals surface area contributed by atoms with Gasteiger partial charge in [0.25, 0.3) is 0 Å². The van der Waals surface area contributed by atoms with E-state index in [-0.39, 0.29) is 5.91 Å². The van der Waals surface area contributed by atoms with E-state index in [0.29, 0.717) is 6.42 Å². The van der Waals surface area contributed by atoms with Crippen LogP contribution >= 0.6 is 12.8 Å². The van der Waals surface area contributed by atoms with Crippen LogP contribution in [0, 0.1) is 0 Å².